The van der Waals surface area contributed by atoms with Crippen molar-refractivity contribution in [3.8, 4) is 11.1 Å². The number of carboxylic acids is 1. The maximum atomic E-state index is 14.1. The highest BCUT2D eigenvalue weighted by atomic mass is 19.4. The van der Waals surface area contributed by atoms with E-state index in [0.717, 1.165) is 11.1 Å². The average molecular weight is 504 g/mol. The topological polar surface area (TPSA) is 104 Å². The van der Waals surface area contributed by atoms with E-state index in [1.807, 2.05) is 13.8 Å². The second-order valence-electron chi connectivity index (χ2n) is 10.6. The van der Waals surface area contributed by atoms with E-state index in [1.165, 1.54) is 12.1 Å². The number of hydrogen-bond acceptors (Lipinski definition) is 4. The van der Waals surface area contributed by atoms with Gasteiger partial charge in [0.2, 0.25) is 5.91 Å². The first-order valence-electron chi connectivity index (χ1n) is 12.2. The van der Waals surface area contributed by atoms with Crippen molar-refractivity contribution in [3.05, 3.63) is 59.7 Å². The van der Waals surface area contributed by atoms with E-state index in [-0.39, 0.29) is 17.9 Å². The van der Waals surface area contributed by atoms with Crippen LogP contribution in [0.3, 0.4) is 0 Å². The summed E-state index contributed by atoms with van der Waals surface area (Å²) in [4.78, 5) is 24.3. The summed E-state index contributed by atoms with van der Waals surface area (Å²) in [6.07, 6.45) is -1.97. The van der Waals surface area contributed by atoms with Crippen molar-refractivity contribution in [3.63, 3.8) is 0 Å². The average Bonchev–Trinajstić information content (AvgIpc) is 3.73. The highest BCUT2D eigenvalue weighted by molar-refractivity contribution is 5.85. The Bertz CT molecular complexity index is 1110. The molecule has 0 aliphatic heterocycles. The van der Waals surface area contributed by atoms with E-state index in [4.69, 9.17) is 5.73 Å². The molecule has 2 aliphatic rings. The predicted octanol–water partition coefficient (Wildman–Crippen LogP) is 4.64. The standard InChI is InChI=1S/C27H32F3N3O3/c1-16(2)15-21(23(34)33-26(31)13-14-26)32-22(27(28,29)30)19-5-3-17(4-6-19)18-7-9-20(10-8-18)25(11-12-25)24(35)36/h3-10,16,21-22,32H,11-15,31H2,1-2H3,(H,33,34)(H,35,36)/t21?,22-/m0/s1. The van der Waals surface area contributed by atoms with E-state index in [0.29, 0.717) is 31.2 Å². The van der Waals surface area contributed by atoms with E-state index in [1.54, 1.807) is 36.4 Å². The minimum Gasteiger partial charge on any atom is -0.481 e. The van der Waals surface area contributed by atoms with Gasteiger partial charge < -0.3 is 16.2 Å². The Hall–Kier alpha value is -2.91. The van der Waals surface area contributed by atoms with Crippen molar-refractivity contribution < 1.29 is 27.9 Å². The Labute approximate surface area is 208 Å². The molecular weight excluding hydrogens is 471 g/mol. The van der Waals surface area contributed by atoms with Crippen LogP contribution in [0.5, 0.6) is 0 Å². The maximum absolute atomic E-state index is 14.1. The number of halogens is 3. The summed E-state index contributed by atoms with van der Waals surface area (Å²) in [5, 5.41) is 14.7. The number of alkyl halides is 3. The number of carbonyl (C=O) groups excluding carboxylic acids is 1. The van der Waals surface area contributed by atoms with Gasteiger partial charge in [0.1, 0.15) is 6.04 Å². The lowest BCUT2D eigenvalue weighted by atomic mass is 9.93. The van der Waals surface area contributed by atoms with Crippen molar-refractivity contribution in [2.75, 3.05) is 0 Å². The molecule has 0 radical (unpaired) electrons. The summed E-state index contributed by atoms with van der Waals surface area (Å²) in [6, 6.07) is 10.1. The molecule has 0 saturated heterocycles. The SMILES string of the molecule is CC(C)CC(N[C@@H](c1ccc(-c2ccc(C3(C(=O)O)CC3)cc2)cc1)C(F)(F)F)C(=O)NC1(N)CC1. The van der Waals surface area contributed by atoms with Crippen LogP contribution in [0.4, 0.5) is 13.2 Å². The molecule has 2 atom stereocenters. The number of amides is 1. The molecule has 2 aliphatic carbocycles. The molecule has 36 heavy (non-hydrogen) atoms. The summed E-state index contributed by atoms with van der Waals surface area (Å²) in [7, 11) is 0. The largest absolute Gasteiger partial charge is 0.481 e. The van der Waals surface area contributed by atoms with Gasteiger partial charge in [0, 0.05) is 0 Å². The highest BCUT2D eigenvalue weighted by Crippen LogP contribution is 2.48. The minimum absolute atomic E-state index is 0.00104. The van der Waals surface area contributed by atoms with Gasteiger partial charge in [0.15, 0.2) is 0 Å². The van der Waals surface area contributed by atoms with Crippen molar-refractivity contribution >= 4 is 11.9 Å². The van der Waals surface area contributed by atoms with Crippen LogP contribution < -0.4 is 16.4 Å². The van der Waals surface area contributed by atoms with Crippen molar-refractivity contribution in [1.29, 1.82) is 0 Å². The van der Waals surface area contributed by atoms with Gasteiger partial charge in [-0.1, -0.05) is 62.4 Å². The molecule has 0 spiro atoms. The van der Waals surface area contributed by atoms with Crippen LogP contribution in [-0.4, -0.2) is 34.9 Å². The molecule has 2 saturated carbocycles. The monoisotopic (exact) mass is 503 g/mol. The van der Waals surface area contributed by atoms with Gasteiger partial charge >= 0.3 is 12.1 Å². The molecule has 2 aromatic carbocycles. The van der Waals surface area contributed by atoms with Gasteiger partial charge in [-0.3, -0.25) is 14.9 Å². The van der Waals surface area contributed by atoms with Crippen LogP contribution in [0, 0.1) is 5.92 Å². The second kappa shape index (κ2) is 9.52. The molecule has 2 aromatic rings. The van der Waals surface area contributed by atoms with Crippen LogP contribution in [0.25, 0.3) is 11.1 Å². The van der Waals surface area contributed by atoms with Crippen LogP contribution in [0.2, 0.25) is 0 Å². The lowest BCUT2D eigenvalue weighted by Gasteiger charge is -2.29. The summed E-state index contributed by atoms with van der Waals surface area (Å²) in [6.45, 7) is 3.70. The molecule has 0 bridgehead atoms. The Morgan fingerprint density at radius 3 is 1.92 bits per heavy atom. The third-order valence-corrected chi connectivity index (χ3v) is 7.05. The number of benzene rings is 2. The van der Waals surface area contributed by atoms with Crippen LogP contribution in [-0.2, 0) is 15.0 Å². The number of aliphatic carboxylic acids is 1. The Morgan fingerprint density at radius 2 is 1.50 bits per heavy atom. The van der Waals surface area contributed by atoms with Crippen molar-refractivity contribution in [2.24, 2.45) is 11.7 Å². The zero-order valence-electron chi connectivity index (χ0n) is 20.4. The Balaban J connectivity index is 1.53. The fourth-order valence-corrected chi connectivity index (χ4v) is 4.50. The smallest absolute Gasteiger partial charge is 0.407 e. The third-order valence-electron chi connectivity index (χ3n) is 7.05. The van der Waals surface area contributed by atoms with Gasteiger partial charge in [-0.25, -0.2) is 0 Å². The molecule has 0 aromatic heterocycles. The first-order chi connectivity index (χ1) is 16.8. The zero-order valence-corrected chi connectivity index (χ0v) is 20.4. The molecule has 5 N–H and O–H groups in total. The van der Waals surface area contributed by atoms with Crippen LogP contribution >= 0.6 is 0 Å². The van der Waals surface area contributed by atoms with E-state index >= 15 is 0 Å². The fourth-order valence-electron chi connectivity index (χ4n) is 4.50. The lowest BCUT2D eigenvalue weighted by molar-refractivity contribution is -0.161. The molecule has 9 heteroatoms. The van der Waals surface area contributed by atoms with Gasteiger partial charge in [0.05, 0.1) is 17.1 Å². The molecule has 1 amide bonds. The molecule has 0 heterocycles. The zero-order chi connectivity index (χ0) is 26.3. The molecule has 194 valence electrons. The van der Waals surface area contributed by atoms with Crippen LogP contribution in [0.15, 0.2) is 48.5 Å². The first kappa shape index (κ1) is 26.2. The van der Waals surface area contributed by atoms with E-state index in [2.05, 4.69) is 10.6 Å². The highest BCUT2D eigenvalue weighted by Gasteiger charge is 2.51. The first-order valence-corrected chi connectivity index (χ1v) is 12.2. The van der Waals surface area contributed by atoms with E-state index < -0.39 is 41.2 Å². The van der Waals surface area contributed by atoms with E-state index in [9.17, 15) is 27.9 Å². The molecule has 1 unspecified atom stereocenters. The number of rotatable bonds is 10. The van der Waals surface area contributed by atoms with Gasteiger partial charge in [-0.05, 0) is 60.3 Å². The summed E-state index contributed by atoms with van der Waals surface area (Å²) >= 11 is 0. The maximum Gasteiger partial charge on any atom is 0.407 e. The van der Waals surface area contributed by atoms with Gasteiger partial charge in [-0.15, -0.1) is 0 Å². The fraction of sp³-hybridized carbons (Fsp3) is 0.481. The Morgan fingerprint density at radius 1 is 0.972 bits per heavy atom. The normalized spacial score (nSPS) is 19.4. The number of nitrogens with two attached hydrogens (primary N) is 1. The predicted molar refractivity (Wildman–Crippen MR) is 130 cm³/mol. The molecule has 2 fully saturated rings. The number of carbonyl (C=O) groups is 2. The molecule has 4 rings (SSSR count). The van der Waals surface area contributed by atoms with Crippen molar-refractivity contribution in [2.45, 2.75) is 75.3 Å². The quantitative estimate of drug-likeness (QED) is 0.354. The van der Waals surface area contributed by atoms with Crippen LogP contribution in [0.1, 0.15) is 63.1 Å². The summed E-state index contributed by atoms with van der Waals surface area (Å²) < 4.78 is 42.3. The third kappa shape index (κ3) is 5.73. The number of hydrogen-bond donors (Lipinski definition) is 4. The van der Waals surface area contributed by atoms with Crippen molar-refractivity contribution in [1.82, 2.24) is 10.6 Å². The molecule has 6 nitrogen and oxygen atoms in total. The van der Waals surface area contributed by atoms with Gasteiger partial charge in [0.25, 0.3) is 0 Å². The summed E-state index contributed by atoms with van der Waals surface area (Å²) in [5.41, 5.74) is 6.55. The minimum atomic E-state index is -4.62. The Kier molecular flexibility index (Phi) is 6.92. The lowest BCUT2D eigenvalue weighted by Crippen LogP contribution is -2.54. The molecular formula is C27H32F3N3O3. The second-order valence-corrected chi connectivity index (χ2v) is 10.6. The number of nitrogens with one attached hydrogen (secondary N) is 2. The number of carboxylic acid groups (broad SMARTS) is 1. The summed E-state index contributed by atoms with van der Waals surface area (Å²) in [5.74, 6) is -1.37. The van der Waals surface area contributed by atoms with Gasteiger partial charge in [-0.2, -0.15) is 13.2 Å².